The Morgan fingerprint density at radius 3 is 2.74 bits per heavy atom. The number of hydrogen-bond acceptors (Lipinski definition) is 9. The topological polar surface area (TPSA) is 128 Å². The highest BCUT2D eigenvalue weighted by atomic mass is 16.5. The fraction of sp³-hybridized carbons (Fsp3) is 0.591. The van der Waals surface area contributed by atoms with E-state index in [2.05, 4.69) is 34.3 Å². The van der Waals surface area contributed by atoms with Gasteiger partial charge in [0.25, 0.3) is 5.95 Å². The zero-order valence-corrected chi connectivity index (χ0v) is 18.8. The van der Waals surface area contributed by atoms with E-state index >= 15 is 0 Å². The van der Waals surface area contributed by atoms with Gasteiger partial charge in [0, 0.05) is 13.0 Å². The van der Waals surface area contributed by atoms with Gasteiger partial charge in [-0.15, -0.1) is 0 Å². The summed E-state index contributed by atoms with van der Waals surface area (Å²) in [6.45, 7) is 4.54. The summed E-state index contributed by atoms with van der Waals surface area (Å²) in [6, 6.07) is 3.77. The fourth-order valence-electron chi connectivity index (χ4n) is 3.77. The van der Waals surface area contributed by atoms with Crippen molar-refractivity contribution >= 4 is 11.6 Å². The van der Waals surface area contributed by atoms with Gasteiger partial charge in [0.2, 0.25) is 5.89 Å². The molecule has 1 aliphatic rings. The van der Waals surface area contributed by atoms with Crippen molar-refractivity contribution in [2.75, 3.05) is 18.9 Å². The highest BCUT2D eigenvalue weighted by Gasteiger charge is 2.17. The molecule has 0 saturated heterocycles. The number of likely N-dealkylation sites (N-methyl/N-ethyl adjacent to an activating group) is 1. The van der Waals surface area contributed by atoms with Gasteiger partial charge in [-0.25, -0.2) is 5.84 Å². The van der Waals surface area contributed by atoms with Gasteiger partial charge in [-0.3, -0.25) is 4.98 Å². The second kappa shape index (κ2) is 11.0. The summed E-state index contributed by atoms with van der Waals surface area (Å²) in [7, 11) is 1.73. The van der Waals surface area contributed by atoms with Crippen LogP contribution in [0, 0.1) is 0 Å². The van der Waals surface area contributed by atoms with Gasteiger partial charge in [-0.2, -0.15) is 4.98 Å². The smallest absolute Gasteiger partial charge is 0.263 e. The maximum Gasteiger partial charge on any atom is 0.263 e. The van der Waals surface area contributed by atoms with E-state index in [9.17, 15) is 0 Å². The molecule has 9 heteroatoms. The molecule has 3 rings (SSSR count). The number of nitrogens with one attached hydrogen (secondary N) is 1. The Hall–Kier alpha value is -2.81. The van der Waals surface area contributed by atoms with Gasteiger partial charge in [0.1, 0.15) is 5.75 Å². The first kappa shape index (κ1) is 22.9. The van der Waals surface area contributed by atoms with Crippen molar-refractivity contribution < 1.29 is 9.26 Å². The van der Waals surface area contributed by atoms with Crippen molar-refractivity contribution in [3.8, 4) is 5.75 Å². The molecule has 1 saturated carbocycles. The number of anilines is 1. The maximum absolute atomic E-state index is 6.38. The first-order chi connectivity index (χ1) is 15.0. The lowest BCUT2D eigenvalue weighted by atomic mass is 9.98. The molecule has 0 bridgehead atoms. The Morgan fingerprint density at radius 1 is 1.32 bits per heavy atom. The number of hydrogen-bond donors (Lipinski definition) is 3. The highest BCUT2D eigenvalue weighted by Crippen LogP contribution is 2.24. The highest BCUT2D eigenvalue weighted by molar-refractivity contribution is 5.63. The molecule has 0 aromatic carbocycles. The Kier molecular flexibility index (Phi) is 8.11. The van der Waals surface area contributed by atoms with Crippen LogP contribution in [0.15, 0.2) is 28.5 Å². The van der Waals surface area contributed by atoms with Gasteiger partial charge >= 0.3 is 0 Å². The van der Waals surface area contributed by atoms with Gasteiger partial charge < -0.3 is 25.3 Å². The van der Waals surface area contributed by atoms with Gasteiger partial charge in [-0.05, 0) is 49.4 Å². The van der Waals surface area contributed by atoms with Crippen molar-refractivity contribution in [3.05, 3.63) is 35.6 Å². The standard InChI is InChI=1S/C22H35N7O2/c1-4-8-15(2)21-27-22(28-31-21)26-14-19(29(3)24)20(23)18-12-11-17(13-25-18)30-16-9-6-5-7-10-16/h11-13,15-16H,4-10,14,23-24H2,1-3H3,(H,26,28)/b20-19-. The zero-order chi connectivity index (χ0) is 22.2. The average molecular weight is 430 g/mol. The van der Waals surface area contributed by atoms with Crippen LogP contribution in [0.5, 0.6) is 5.75 Å². The van der Waals surface area contributed by atoms with Crippen LogP contribution in [-0.4, -0.2) is 39.8 Å². The van der Waals surface area contributed by atoms with Gasteiger partial charge in [0.15, 0.2) is 0 Å². The number of nitrogens with two attached hydrogens (primary N) is 2. The summed E-state index contributed by atoms with van der Waals surface area (Å²) < 4.78 is 11.4. The van der Waals surface area contributed by atoms with Crippen LogP contribution >= 0.6 is 0 Å². The average Bonchev–Trinajstić information content (AvgIpc) is 3.24. The number of rotatable bonds is 10. The largest absolute Gasteiger partial charge is 0.489 e. The number of pyridine rings is 1. The molecule has 1 atom stereocenters. The molecule has 9 nitrogen and oxygen atoms in total. The SMILES string of the molecule is CCCC(C)c1nc(NC/C(=C(/N)c2ccc(OC3CCCCC3)cn2)N(C)N)no1. The van der Waals surface area contributed by atoms with E-state index in [1.807, 2.05) is 12.1 Å². The Bertz CT molecular complexity index is 842. The summed E-state index contributed by atoms with van der Waals surface area (Å²) in [4.78, 5) is 8.90. The van der Waals surface area contributed by atoms with Crippen LogP contribution in [0.25, 0.3) is 5.70 Å². The minimum absolute atomic E-state index is 0.226. The molecule has 1 unspecified atom stereocenters. The second-order valence-electron chi connectivity index (χ2n) is 8.23. The quantitative estimate of drug-likeness (QED) is 0.383. The summed E-state index contributed by atoms with van der Waals surface area (Å²) in [6.07, 6.45) is 10.0. The van der Waals surface area contributed by atoms with Crippen molar-refractivity contribution in [2.45, 2.75) is 70.8 Å². The van der Waals surface area contributed by atoms with Crippen molar-refractivity contribution in [2.24, 2.45) is 11.6 Å². The lowest BCUT2D eigenvalue weighted by Crippen LogP contribution is -2.32. The van der Waals surface area contributed by atoms with E-state index in [0.717, 1.165) is 31.4 Å². The molecule has 2 aromatic heterocycles. The minimum Gasteiger partial charge on any atom is -0.489 e. The zero-order valence-electron chi connectivity index (χ0n) is 18.8. The molecule has 1 fully saturated rings. The van der Waals surface area contributed by atoms with E-state index in [-0.39, 0.29) is 12.0 Å². The number of ether oxygens (including phenoxy) is 1. The predicted octanol–water partition coefficient (Wildman–Crippen LogP) is 3.62. The first-order valence-corrected chi connectivity index (χ1v) is 11.2. The van der Waals surface area contributed by atoms with Crippen molar-refractivity contribution in [3.63, 3.8) is 0 Å². The molecular formula is C22H35N7O2. The van der Waals surface area contributed by atoms with E-state index in [1.54, 1.807) is 13.2 Å². The summed E-state index contributed by atoms with van der Waals surface area (Å²) in [5.74, 6) is 8.05. The molecule has 0 aliphatic heterocycles. The third kappa shape index (κ3) is 6.33. The van der Waals surface area contributed by atoms with E-state index in [4.69, 9.17) is 20.8 Å². The maximum atomic E-state index is 6.38. The van der Waals surface area contributed by atoms with Crippen LogP contribution in [0.2, 0.25) is 0 Å². The summed E-state index contributed by atoms with van der Waals surface area (Å²) >= 11 is 0. The molecule has 31 heavy (non-hydrogen) atoms. The Balaban J connectivity index is 1.65. The molecule has 0 amide bonds. The Morgan fingerprint density at radius 2 is 2.10 bits per heavy atom. The molecule has 0 spiro atoms. The summed E-state index contributed by atoms with van der Waals surface area (Å²) in [5, 5.41) is 8.60. The normalized spacial score (nSPS) is 16.5. The second-order valence-corrected chi connectivity index (χ2v) is 8.23. The van der Waals surface area contributed by atoms with Crippen LogP contribution in [0.3, 0.4) is 0 Å². The monoisotopic (exact) mass is 429 g/mol. The first-order valence-electron chi connectivity index (χ1n) is 11.2. The number of hydrazine groups is 1. The van der Waals surface area contributed by atoms with Crippen molar-refractivity contribution in [1.29, 1.82) is 0 Å². The van der Waals surface area contributed by atoms with Gasteiger partial charge in [0.05, 0.1) is 35.9 Å². The number of nitrogens with zero attached hydrogens (tertiary/aromatic N) is 4. The van der Waals surface area contributed by atoms with Crippen molar-refractivity contribution in [1.82, 2.24) is 20.1 Å². The molecule has 170 valence electrons. The van der Waals surface area contributed by atoms with E-state index < -0.39 is 0 Å². The van der Waals surface area contributed by atoms with E-state index in [1.165, 1.54) is 24.3 Å². The molecule has 0 radical (unpaired) electrons. The number of aromatic nitrogens is 3. The molecular weight excluding hydrogens is 394 g/mol. The molecule has 1 aliphatic carbocycles. The fourth-order valence-corrected chi connectivity index (χ4v) is 3.77. The van der Waals surface area contributed by atoms with Gasteiger partial charge in [-0.1, -0.05) is 26.7 Å². The lowest BCUT2D eigenvalue weighted by Gasteiger charge is -2.23. The third-order valence-electron chi connectivity index (χ3n) is 5.60. The third-order valence-corrected chi connectivity index (χ3v) is 5.60. The van der Waals surface area contributed by atoms with Crippen LogP contribution in [-0.2, 0) is 0 Å². The van der Waals surface area contributed by atoms with Crippen LogP contribution in [0.1, 0.15) is 76.3 Å². The lowest BCUT2D eigenvalue weighted by molar-refractivity contribution is 0.154. The Labute approximate surface area is 184 Å². The molecule has 2 aromatic rings. The van der Waals surface area contributed by atoms with E-state index in [0.29, 0.717) is 35.5 Å². The van der Waals surface area contributed by atoms with Crippen LogP contribution < -0.4 is 21.6 Å². The molecule has 5 N–H and O–H groups in total. The minimum atomic E-state index is 0.226. The predicted molar refractivity (Wildman–Crippen MR) is 121 cm³/mol. The van der Waals surface area contributed by atoms with Crippen LogP contribution in [0.4, 0.5) is 5.95 Å². The summed E-state index contributed by atoms with van der Waals surface area (Å²) in [5.41, 5.74) is 8.16. The molecule has 2 heterocycles.